The zero-order chi connectivity index (χ0) is 13.8. The van der Waals surface area contributed by atoms with E-state index >= 15 is 0 Å². The summed E-state index contributed by atoms with van der Waals surface area (Å²) in [5.74, 6) is -0.261. The standard InChI is InChI=1S/C12H13N5OS/c1-7(9-5-15-16-6-9)17-12(18)10-3-2-8(4-14-10)11(13)19/h2-7H,1H3,(H2,13,19)(H,15,16)(H,17,18). The molecule has 0 aliphatic heterocycles. The van der Waals surface area contributed by atoms with Gasteiger partial charge in [-0.25, -0.2) is 0 Å². The fraction of sp³-hybridized carbons (Fsp3) is 0.167. The number of carbonyl (C=O) groups is 1. The quantitative estimate of drug-likeness (QED) is 0.721. The van der Waals surface area contributed by atoms with E-state index in [1.54, 1.807) is 24.5 Å². The number of nitrogens with two attached hydrogens (primary N) is 1. The predicted octanol–water partition coefficient (Wildman–Crippen LogP) is 0.930. The number of aromatic nitrogens is 3. The van der Waals surface area contributed by atoms with E-state index in [9.17, 15) is 4.79 Å². The Labute approximate surface area is 115 Å². The van der Waals surface area contributed by atoms with E-state index in [4.69, 9.17) is 18.0 Å². The molecule has 0 saturated heterocycles. The summed E-state index contributed by atoms with van der Waals surface area (Å²) in [7, 11) is 0. The lowest BCUT2D eigenvalue weighted by atomic mass is 10.2. The molecule has 4 N–H and O–H groups in total. The molecule has 2 heterocycles. The summed E-state index contributed by atoms with van der Waals surface area (Å²) in [5, 5.41) is 9.35. The van der Waals surface area contributed by atoms with Gasteiger partial charge in [0.1, 0.15) is 10.7 Å². The first kappa shape index (κ1) is 13.2. The molecule has 0 spiro atoms. The van der Waals surface area contributed by atoms with E-state index in [0.717, 1.165) is 5.56 Å². The largest absolute Gasteiger partial charge is 0.389 e. The van der Waals surface area contributed by atoms with Crippen LogP contribution in [-0.4, -0.2) is 26.1 Å². The van der Waals surface area contributed by atoms with Gasteiger partial charge in [0.05, 0.1) is 12.2 Å². The van der Waals surface area contributed by atoms with E-state index in [1.807, 2.05) is 6.92 Å². The lowest BCUT2D eigenvalue weighted by Gasteiger charge is -2.11. The zero-order valence-corrected chi connectivity index (χ0v) is 11.1. The second kappa shape index (κ2) is 5.57. The molecule has 0 saturated carbocycles. The number of amides is 1. The number of rotatable bonds is 4. The number of nitrogens with one attached hydrogen (secondary N) is 2. The number of pyridine rings is 1. The molecule has 0 bridgehead atoms. The molecule has 1 amide bonds. The first-order valence-corrected chi connectivity index (χ1v) is 6.04. The normalized spacial score (nSPS) is 11.8. The Bertz CT molecular complexity index is 579. The molecule has 0 aliphatic carbocycles. The third-order valence-electron chi connectivity index (χ3n) is 2.65. The van der Waals surface area contributed by atoms with Gasteiger partial charge in [-0.15, -0.1) is 0 Å². The highest BCUT2D eigenvalue weighted by atomic mass is 32.1. The van der Waals surface area contributed by atoms with Crippen LogP contribution in [0.15, 0.2) is 30.7 Å². The number of H-pyrrole nitrogens is 1. The van der Waals surface area contributed by atoms with Crippen LogP contribution in [0.5, 0.6) is 0 Å². The van der Waals surface area contributed by atoms with E-state index in [1.165, 1.54) is 6.20 Å². The third kappa shape index (κ3) is 3.14. The van der Waals surface area contributed by atoms with Gasteiger partial charge in [-0.1, -0.05) is 12.2 Å². The maximum Gasteiger partial charge on any atom is 0.270 e. The molecule has 7 heteroatoms. The van der Waals surface area contributed by atoms with Crippen molar-refractivity contribution in [2.24, 2.45) is 5.73 Å². The van der Waals surface area contributed by atoms with Crippen molar-refractivity contribution in [2.75, 3.05) is 0 Å². The number of thiocarbonyl (C=S) groups is 1. The second-order valence-electron chi connectivity index (χ2n) is 4.02. The average molecular weight is 275 g/mol. The first-order valence-electron chi connectivity index (χ1n) is 5.63. The van der Waals surface area contributed by atoms with Gasteiger partial charge in [-0.2, -0.15) is 5.10 Å². The van der Waals surface area contributed by atoms with Crippen molar-refractivity contribution in [1.29, 1.82) is 0 Å². The summed E-state index contributed by atoms with van der Waals surface area (Å²) in [6, 6.07) is 3.11. The van der Waals surface area contributed by atoms with Crippen LogP contribution in [-0.2, 0) is 0 Å². The van der Waals surface area contributed by atoms with Crippen molar-refractivity contribution in [3.05, 3.63) is 47.5 Å². The minimum absolute atomic E-state index is 0.150. The van der Waals surface area contributed by atoms with Crippen LogP contribution in [0.2, 0.25) is 0 Å². The second-order valence-corrected chi connectivity index (χ2v) is 4.46. The Morgan fingerprint density at radius 1 is 1.47 bits per heavy atom. The van der Waals surface area contributed by atoms with Gasteiger partial charge in [0.15, 0.2) is 0 Å². The van der Waals surface area contributed by atoms with Gasteiger partial charge in [0.25, 0.3) is 5.91 Å². The van der Waals surface area contributed by atoms with E-state index in [0.29, 0.717) is 11.3 Å². The lowest BCUT2D eigenvalue weighted by Crippen LogP contribution is -2.27. The van der Waals surface area contributed by atoms with Gasteiger partial charge in [-0.3, -0.25) is 14.9 Å². The van der Waals surface area contributed by atoms with Gasteiger partial charge in [0, 0.05) is 23.5 Å². The molecule has 0 radical (unpaired) electrons. The van der Waals surface area contributed by atoms with Crippen molar-refractivity contribution >= 4 is 23.1 Å². The molecule has 0 aliphatic rings. The Morgan fingerprint density at radius 3 is 2.79 bits per heavy atom. The molecule has 19 heavy (non-hydrogen) atoms. The Morgan fingerprint density at radius 2 is 2.26 bits per heavy atom. The lowest BCUT2D eigenvalue weighted by molar-refractivity contribution is 0.0935. The molecular weight excluding hydrogens is 262 g/mol. The van der Waals surface area contributed by atoms with Crippen LogP contribution < -0.4 is 11.1 Å². The van der Waals surface area contributed by atoms with E-state index in [-0.39, 0.29) is 16.9 Å². The van der Waals surface area contributed by atoms with Crippen LogP contribution in [0.25, 0.3) is 0 Å². The summed E-state index contributed by atoms with van der Waals surface area (Å²) in [5.41, 5.74) is 7.31. The molecular formula is C12H13N5OS. The molecule has 2 aromatic heterocycles. The fourth-order valence-corrected chi connectivity index (χ4v) is 1.65. The minimum atomic E-state index is -0.261. The highest BCUT2D eigenvalue weighted by Gasteiger charge is 2.13. The zero-order valence-electron chi connectivity index (χ0n) is 10.3. The monoisotopic (exact) mass is 275 g/mol. The fourth-order valence-electron chi connectivity index (χ4n) is 1.53. The summed E-state index contributed by atoms with van der Waals surface area (Å²) in [6.45, 7) is 1.87. The summed E-state index contributed by atoms with van der Waals surface area (Å²) in [4.78, 5) is 16.3. The molecule has 2 aromatic rings. The van der Waals surface area contributed by atoms with Crippen LogP contribution >= 0.6 is 12.2 Å². The number of nitrogens with zero attached hydrogens (tertiary/aromatic N) is 2. The molecule has 1 unspecified atom stereocenters. The van der Waals surface area contributed by atoms with Gasteiger partial charge in [0.2, 0.25) is 0 Å². The van der Waals surface area contributed by atoms with Crippen LogP contribution in [0.4, 0.5) is 0 Å². The molecule has 0 aromatic carbocycles. The summed E-state index contributed by atoms with van der Waals surface area (Å²) >= 11 is 4.82. The van der Waals surface area contributed by atoms with Crippen molar-refractivity contribution in [1.82, 2.24) is 20.5 Å². The molecule has 6 nitrogen and oxygen atoms in total. The maximum absolute atomic E-state index is 12.0. The van der Waals surface area contributed by atoms with Gasteiger partial charge < -0.3 is 11.1 Å². The molecule has 0 fully saturated rings. The molecule has 98 valence electrons. The number of hydrogen-bond acceptors (Lipinski definition) is 4. The van der Waals surface area contributed by atoms with Crippen LogP contribution in [0, 0.1) is 0 Å². The molecule has 2 rings (SSSR count). The number of carbonyl (C=O) groups excluding carboxylic acids is 1. The molecule has 1 atom stereocenters. The van der Waals surface area contributed by atoms with Gasteiger partial charge >= 0.3 is 0 Å². The highest BCUT2D eigenvalue weighted by molar-refractivity contribution is 7.80. The Balaban J connectivity index is 2.05. The Kier molecular flexibility index (Phi) is 3.86. The topological polar surface area (TPSA) is 96.7 Å². The third-order valence-corrected chi connectivity index (χ3v) is 2.88. The smallest absolute Gasteiger partial charge is 0.270 e. The van der Waals surface area contributed by atoms with Crippen molar-refractivity contribution in [3.8, 4) is 0 Å². The van der Waals surface area contributed by atoms with Crippen molar-refractivity contribution in [3.63, 3.8) is 0 Å². The Hall–Kier alpha value is -2.28. The first-order chi connectivity index (χ1) is 9.08. The van der Waals surface area contributed by atoms with E-state index in [2.05, 4.69) is 20.5 Å². The minimum Gasteiger partial charge on any atom is -0.389 e. The number of hydrogen-bond donors (Lipinski definition) is 3. The number of aromatic amines is 1. The SMILES string of the molecule is CC(NC(=O)c1ccc(C(N)=S)cn1)c1cn[nH]c1. The van der Waals surface area contributed by atoms with Crippen molar-refractivity contribution in [2.45, 2.75) is 13.0 Å². The summed E-state index contributed by atoms with van der Waals surface area (Å²) in [6.07, 6.45) is 4.88. The van der Waals surface area contributed by atoms with Crippen LogP contribution in [0.1, 0.15) is 34.6 Å². The van der Waals surface area contributed by atoms with Crippen molar-refractivity contribution < 1.29 is 4.79 Å². The van der Waals surface area contributed by atoms with Crippen LogP contribution in [0.3, 0.4) is 0 Å². The summed E-state index contributed by atoms with van der Waals surface area (Å²) < 4.78 is 0. The predicted molar refractivity (Wildman–Crippen MR) is 74.6 cm³/mol. The maximum atomic E-state index is 12.0. The van der Waals surface area contributed by atoms with E-state index < -0.39 is 0 Å². The highest BCUT2D eigenvalue weighted by Crippen LogP contribution is 2.10. The van der Waals surface area contributed by atoms with Gasteiger partial charge in [-0.05, 0) is 19.1 Å². The average Bonchev–Trinajstić information content (AvgIpc) is 2.92.